The molecule has 0 spiro atoms. The highest BCUT2D eigenvalue weighted by molar-refractivity contribution is 5.85. The Morgan fingerprint density at radius 2 is 2.21 bits per heavy atom. The zero-order valence-electron chi connectivity index (χ0n) is 8.90. The van der Waals surface area contributed by atoms with Gasteiger partial charge in [-0.3, -0.25) is 4.79 Å². The molecule has 0 amide bonds. The lowest BCUT2D eigenvalue weighted by molar-refractivity contribution is -0.138. The van der Waals surface area contributed by atoms with Crippen LogP contribution in [0.1, 0.15) is 33.1 Å². The Balaban J connectivity index is 0.00000169. The van der Waals surface area contributed by atoms with E-state index in [-0.39, 0.29) is 12.4 Å². The zero-order chi connectivity index (χ0) is 9.84. The lowest BCUT2D eigenvalue weighted by Gasteiger charge is -2.34. The second kappa shape index (κ2) is 6.25. The van der Waals surface area contributed by atoms with Crippen molar-refractivity contribution in [3.8, 4) is 0 Å². The summed E-state index contributed by atoms with van der Waals surface area (Å²) in [5, 5.41) is 8.67. The topological polar surface area (TPSA) is 40.5 Å². The zero-order valence-corrected chi connectivity index (χ0v) is 9.72. The molecule has 0 bridgehead atoms. The molecule has 1 rings (SSSR count). The molecule has 1 fully saturated rings. The number of hydrogen-bond acceptors (Lipinski definition) is 2. The number of carboxylic acid groups (broad SMARTS) is 1. The molecule has 1 N–H and O–H groups in total. The molecular weight excluding hydrogens is 202 g/mol. The summed E-state index contributed by atoms with van der Waals surface area (Å²) in [6.07, 6.45) is 2.56. The minimum absolute atomic E-state index is 0. The molecule has 0 aromatic carbocycles. The summed E-state index contributed by atoms with van der Waals surface area (Å²) in [6.45, 7) is 6.43. The van der Waals surface area contributed by atoms with Crippen LogP contribution in [0.25, 0.3) is 0 Å². The fraction of sp³-hybridized carbons (Fsp3) is 0.900. The molecular formula is C10H20ClNO2. The van der Waals surface area contributed by atoms with Gasteiger partial charge in [0, 0.05) is 19.0 Å². The van der Waals surface area contributed by atoms with Gasteiger partial charge in [0.2, 0.25) is 0 Å². The smallest absolute Gasteiger partial charge is 0.303 e. The molecule has 4 heteroatoms. The van der Waals surface area contributed by atoms with Crippen molar-refractivity contribution in [2.45, 2.75) is 39.2 Å². The molecule has 14 heavy (non-hydrogen) atoms. The summed E-state index contributed by atoms with van der Waals surface area (Å²) in [5.41, 5.74) is 0. The molecule has 0 aromatic heterocycles. The number of rotatable bonds is 3. The fourth-order valence-electron chi connectivity index (χ4n) is 1.98. The van der Waals surface area contributed by atoms with E-state index in [2.05, 4.69) is 18.7 Å². The summed E-state index contributed by atoms with van der Waals surface area (Å²) >= 11 is 0. The van der Waals surface area contributed by atoms with E-state index in [1.807, 2.05) is 0 Å². The third-order valence-electron chi connectivity index (χ3n) is 2.74. The molecule has 0 aromatic rings. The molecule has 0 radical (unpaired) electrons. The van der Waals surface area contributed by atoms with Gasteiger partial charge >= 0.3 is 5.97 Å². The van der Waals surface area contributed by atoms with E-state index in [0.717, 1.165) is 25.9 Å². The Labute approximate surface area is 91.9 Å². The Morgan fingerprint density at radius 1 is 1.57 bits per heavy atom. The summed E-state index contributed by atoms with van der Waals surface area (Å²) in [4.78, 5) is 12.9. The molecule has 1 aliphatic rings. The average Bonchev–Trinajstić information content (AvgIpc) is 2.03. The lowest BCUT2D eigenvalue weighted by atomic mass is 9.94. The van der Waals surface area contributed by atoms with Gasteiger partial charge in [0.25, 0.3) is 0 Å². The molecule has 3 nitrogen and oxygen atoms in total. The van der Waals surface area contributed by atoms with Crippen molar-refractivity contribution in [1.82, 2.24) is 4.90 Å². The normalized spacial score (nSPS) is 23.2. The van der Waals surface area contributed by atoms with Crippen LogP contribution in [0.5, 0.6) is 0 Å². The number of aliphatic carboxylic acids is 1. The molecule has 1 unspecified atom stereocenters. The number of likely N-dealkylation sites (tertiary alicyclic amines) is 1. The average molecular weight is 222 g/mol. The van der Waals surface area contributed by atoms with Crippen LogP contribution in [0, 0.1) is 5.92 Å². The van der Waals surface area contributed by atoms with E-state index in [1.165, 1.54) is 0 Å². The highest BCUT2D eigenvalue weighted by atomic mass is 35.5. The third kappa shape index (κ3) is 4.29. The second-order valence-electron chi connectivity index (χ2n) is 4.19. The van der Waals surface area contributed by atoms with E-state index >= 15 is 0 Å². The molecule has 0 aliphatic carbocycles. The number of halogens is 1. The van der Waals surface area contributed by atoms with E-state index in [1.54, 1.807) is 0 Å². The summed E-state index contributed by atoms with van der Waals surface area (Å²) in [7, 11) is 0. The third-order valence-corrected chi connectivity index (χ3v) is 2.74. The van der Waals surface area contributed by atoms with Crippen molar-refractivity contribution in [3.05, 3.63) is 0 Å². The molecule has 1 aliphatic heterocycles. The lowest BCUT2D eigenvalue weighted by Crippen LogP contribution is -2.40. The molecule has 84 valence electrons. The SMILES string of the molecule is CC(C)N1CCCC(CC(=O)O)C1.Cl. The number of nitrogens with zero attached hydrogens (tertiary/aromatic N) is 1. The van der Waals surface area contributed by atoms with Crippen LogP contribution in [-0.2, 0) is 4.79 Å². The van der Waals surface area contributed by atoms with Gasteiger partial charge in [-0.15, -0.1) is 12.4 Å². The Morgan fingerprint density at radius 3 is 2.71 bits per heavy atom. The maximum absolute atomic E-state index is 10.5. The highest BCUT2D eigenvalue weighted by Crippen LogP contribution is 2.20. The van der Waals surface area contributed by atoms with E-state index in [4.69, 9.17) is 5.11 Å². The maximum Gasteiger partial charge on any atom is 0.303 e. The largest absolute Gasteiger partial charge is 0.481 e. The Hall–Kier alpha value is -0.280. The Bertz CT molecular complexity index is 185. The number of hydrogen-bond donors (Lipinski definition) is 1. The molecule has 1 saturated heterocycles. The van der Waals surface area contributed by atoms with Crippen molar-refractivity contribution >= 4 is 18.4 Å². The first-order valence-electron chi connectivity index (χ1n) is 5.05. The van der Waals surface area contributed by atoms with Gasteiger partial charge in [0.1, 0.15) is 0 Å². The van der Waals surface area contributed by atoms with Crippen LogP contribution in [0.2, 0.25) is 0 Å². The van der Waals surface area contributed by atoms with Crippen LogP contribution in [0.3, 0.4) is 0 Å². The van der Waals surface area contributed by atoms with E-state index in [9.17, 15) is 4.79 Å². The van der Waals surface area contributed by atoms with Crippen molar-refractivity contribution < 1.29 is 9.90 Å². The van der Waals surface area contributed by atoms with Crippen LogP contribution in [-0.4, -0.2) is 35.1 Å². The van der Waals surface area contributed by atoms with Crippen molar-refractivity contribution in [1.29, 1.82) is 0 Å². The van der Waals surface area contributed by atoms with Gasteiger partial charge in [0.05, 0.1) is 0 Å². The van der Waals surface area contributed by atoms with Gasteiger partial charge in [0.15, 0.2) is 0 Å². The van der Waals surface area contributed by atoms with Crippen LogP contribution in [0.15, 0.2) is 0 Å². The van der Waals surface area contributed by atoms with Crippen LogP contribution < -0.4 is 0 Å². The van der Waals surface area contributed by atoms with Crippen molar-refractivity contribution in [3.63, 3.8) is 0 Å². The van der Waals surface area contributed by atoms with Crippen molar-refractivity contribution in [2.24, 2.45) is 5.92 Å². The fourth-order valence-corrected chi connectivity index (χ4v) is 1.98. The van der Waals surface area contributed by atoms with Gasteiger partial charge < -0.3 is 10.0 Å². The standard InChI is InChI=1S/C10H19NO2.ClH/c1-8(2)11-5-3-4-9(7-11)6-10(12)13;/h8-9H,3-7H2,1-2H3,(H,12,13);1H. The first-order valence-corrected chi connectivity index (χ1v) is 5.05. The predicted octanol–water partition coefficient (Wildman–Crippen LogP) is 2.00. The molecule has 0 saturated carbocycles. The van der Waals surface area contributed by atoms with Crippen LogP contribution >= 0.6 is 12.4 Å². The number of piperidine rings is 1. The maximum atomic E-state index is 10.5. The first-order chi connectivity index (χ1) is 6.09. The quantitative estimate of drug-likeness (QED) is 0.793. The van der Waals surface area contributed by atoms with Gasteiger partial charge in [-0.2, -0.15) is 0 Å². The van der Waals surface area contributed by atoms with Gasteiger partial charge in [-0.1, -0.05) is 0 Å². The Kier molecular flexibility index (Phi) is 6.12. The van der Waals surface area contributed by atoms with Gasteiger partial charge in [-0.05, 0) is 39.2 Å². The molecule has 1 atom stereocenters. The number of carboxylic acids is 1. The summed E-state index contributed by atoms with van der Waals surface area (Å²) in [5.74, 6) is -0.288. The highest BCUT2D eigenvalue weighted by Gasteiger charge is 2.23. The second-order valence-corrected chi connectivity index (χ2v) is 4.19. The monoisotopic (exact) mass is 221 g/mol. The van der Waals surface area contributed by atoms with Gasteiger partial charge in [-0.25, -0.2) is 0 Å². The van der Waals surface area contributed by atoms with Crippen molar-refractivity contribution in [2.75, 3.05) is 13.1 Å². The first kappa shape index (κ1) is 13.7. The van der Waals surface area contributed by atoms with E-state index < -0.39 is 5.97 Å². The number of carbonyl (C=O) groups is 1. The minimum atomic E-state index is -0.657. The minimum Gasteiger partial charge on any atom is -0.481 e. The summed E-state index contributed by atoms with van der Waals surface area (Å²) in [6, 6.07) is 0.552. The molecule has 1 heterocycles. The van der Waals surface area contributed by atoms with Crippen LogP contribution in [0.4, 0.5) is 0 Å². The predicted molar refractivity (Wildman–Crippen MR) is 58.9 cm³/mol. The summed E-state index contributed by atoms with van der Waals surface area (Å²) < 4.78 is 0. The van der Waals surface area contributed by atoms with E-state index in [0.29, 0.717) is 18.4 Å².